The van der Waals surface area contributed by atoms with Crippen LogP contribution in [0.15, 0.2) is 16.6 Å². The van der Waals surface area contributed by atoms with E-state index in [2.05, 4.69) is 26.6 Å². The zero-order valence-corrected chi connectivity index (χ0v) is 18.9. The molecule has 0 aliphatic rings. The van der Waals surface area contributed by atoms with Gasteiger partial charge in [-0.25, -0.2) is 4.79 Å². The Kier molecular flexibility index (Phi) is 8.70. The molecule has 0 fully saturated rings. The molecule has 0 aliphatic heterocycles. The van der Waals surface area contributed by atoms with Gasteiger partial charge in [-0.2, -0.15) is 0 Å². The zero-order valence-electron chi connectivity index (χ0n) is 17.4. The van der Waals surface area contributed by atoms with E-state index < -0.39 is 44.9 Å². The quantitative estimate of drug-likeness (QED) is 0.419. The highest BCUT2D eigenvalue weighted by Crippen LogP contribution is 2.33. The van der Waals surface area contributed by atoms with Gasteiger partial charge in [-0.3, -0.25) is 25.0 Å². The van der Waals surface area contributed by atoms with Crippen LogP contribution in [0.5, 0.6) is 0 Å². The fourth-order valence-corrected chi connectivity index (χ4v) is 3.04. The van der Waals surface area contributed by atoms with E-state index in [1.165, 1.54) is 6.07 Å². The van der Waals surface area contributed by atoms with Gasteiger partial charge in [0.25, 0.3) is 11.4 Å². The van der Waals surface area contributed by atoms with Crippen molar-refractivity contribution >= 4 is 39.3 Å². The lowest BCUT2D eigenvalue weighted by Gasteiger charge is -2.25. The number of carbonyl (C=O) groups excluding carboxylic acids is 2. The Morgan fingerprint density at radius 2 is 1.77 bits per heavy atom. The van der Waals surface area contributed by atoms with Gasteiger partial charge >= 0.3 is 6.09 Å². The van der Waals surface area contributed by atoms with Crippen molar-refractivity contribution in [3.63, 3.8) is 0 Å². The first-order valence-electron chi connectivity index (χ1n) is 9.11. The van der Waals surface area contributed by atoms with E-state index in [0.29, 0.717) is 5.56 Å². The Bertz CT molecular complexity index is 837. The minimum Gasteiger partial charge on any atom is -0.444 e. The number of nitro groups is 2. The third-order valence-corrected chi connectivity index (χ3v) is 4.75. The second kappa shape index (κ2) is 10.3. The van der Waals surface area contributed by atoms with Crippen molar-refractivity contribution in [1.29, 1.82) is 0 Å². The number of halogens is 1. The SMILES string of the molecule is CC(C)[C@H](NC(=O)OC(C)(C)C)C(=O)NCCc1cc([N+](=O)[O-])cc([N+](=O)[O-])c1Br. The second-order valence-electron chi connectivity index (χ2n) is 7.86. The predicted octanol–water partition coefficient (Wildman–Crippen LogP) is 3.47. The Morgan fingerprint density at radius 1 is 1.17 bits per heavy atom. The first-order valence-corrected chi connectivity index (χ1v) is 9.90. The third kappa shape index (κ3) is 7.58. The lowest BCUT2D eigenvalue weighted by atomic mass is 10.0. The maximum absolute atomic E-state index is 12.5. The molecule has 0 aliphatic carbocycles. The Labute approximate surface area is 182 Å². The molecule has 2 N–H and O–H groups in total. The summed E-state index contributed by atoms with van der Waals surface area (Å²) in [5.74, 6) is -0.699. The monoisotopic (exact) mass is 488 g/mol. The number of benzene rings is 1. The molecule has 0 saturated carbocycles. The van der Waals surface area contributed by atoms with Crippen LogP contribution in [0, 0.1) is 26.1 Å². The lowest BCUT2D eigenvalue weighted by molar-refractivity contribution is -0.394. The second-order valence-corrected chi connectivity index (χ2v) is 8.65. The molecular formula is C18H25BrN4O7. The molecule has 0 unspecified atom stereocenters. The van der Waals surface area contributed by atoms with E-state index >= 15 is 0 Å². The van der Waals surface area contributed by atoms with Crippen LogP contribution in [0.4, 0.5) is 16.2 Å². The van der Waals surface area contributed by atoms with Gasteiger partial charge in [-0.1, -0.05) is 13.8 Å². The van der Waals surface area contributed by atoms with Crippen LogP contribution >= 0.6 is 15.9 Å². The largest absolute Gasteiger partial charge is 0.444 e. The van der Waals surface area contributed by atoms with E-state index in [4.69, 9.17) is 4.74 Å². The summed E-state index contributed by atoms with van der Waals surface area (Å²) in [4.78, 5) is 45.2. The van der Waals surface area contributed by atoms with Crippen LogP contribution < -0.4 is 10.6 Å². The number of hydrogen-bond acceptors (Lipinski definition) is 7. The van der Waals surface area contributed by atoms with Gasteiger partial charge in [0.15, 0.2) is 0 Å². The van der Waals surface area contributed by atoms with Crippen LogP contribution in [0.1, 0.15) is 40.2 Å². The van der Waals surface area contributed by atoms with Gasteiger partial charge in [0.2, 0.25) is 5.91 Å². The van der Waals surface area contributed by atoms with E-state index in [9.17, 15) is 29.8 Å². The fraction of sp³-hybridized carbons (Fsp3) is 0.556. The molecule has 30 heavy (non-hydrogen) atoms. The number of nitrogens with one attached hydrogen (secondary N) is 2. The summed E-state index contributed by atoms with van der Waals surface area (Å²) in [6, 6.07) is 1.22. The van der Waals surface area contributed by atoms with Gasteiger partial charge in [0.05, 0.1) is 20.4 Å². The Hall–Kier alpha value is -2.76. The third-order valence-electron chi connectivity index (χ3n) is 3.84. The van der Waals surface area contributed by atoms with Gasteiger partial charge in [0.1, 0.15) is 11.6 Å². The summed E-state index contributed by atoms with van der Waals surface area (Å²) in [6.45, 7) is 8.66. The summed E-state index contributed by atoms with van der Waals surface area (Å²) in [7, 11) is 0. The van der Waals surface area contributed by atoms with Gasteiger partial charge in [0, 0.05) is 12.6 Å². The molecule has 1 aromatic rings. The highest BCUT2D eigenvalue weighted by molar-refractivity contribution is 9.10. The molecule has 0 spiro atoms. The van der Waals surface area contributed by atoms with Crippen molar-refractivity contribution in [2.75, 3.05) is 6.54 Å². The number of carbonyl (C=O) groups is 2. The first kappa shape index (κ1) is 25.3. The molecule has 0 saturated heterocycles. The summed E-state index contributed by atoms with van der Waals surface area (Å²) >= 11 is 3.09. The molecule has 1 aromatic carbocycles. The van der Waals surface area contributed by atoms with Gasteiger partial charge in [-0.15, -0.1) is 0 Å². The Balaban J connectivity index is 2.86. The number of alkyl carbamates (subject to hydrolysis) is 1. The summed E-state index contributed by atoms with van der Waals surface area (Å²) in [5.41, 5.74) is -1.27. The van der Waals surface area contributed by atoms with E-state index in [-0.39, 0.29) is 23.4 Å². The molecule has 2 amide bonds. The molecule has 0 aromatic heterocycles. The number of amides is 2. The highest BCUT2D eigenvalue weighted by Gasteiger charge is 2.27. The van der Waals surface area contributed by atoms with Crippen molar-refractivity contribution in [1.82, 2.24) is 10.6 Å². The smallest absolute Gasteiger partial charge is 0.408 e. The molecule has 11 nitrogen and oxygen atoms in total. The van der Waals surface area contributed by atoms with E-state index in [1.807, 2.05) is 0 Å². The molecule has 0 bridgehead atoms. The molecule has 12 heteroatoms. The molecule has 1 rings (SSSR count). The molecule has 1 atom stereocenters. The summed E-state index contributed by atoms with van der Waals surface area (Å²) < 4.78 is 5.28. The molecule has 0 heterocycles. The normalized spacial score (nSPS) is 12.2. The molecule has 0 radical (unpaired) electrons. The standard InChI is InChI=1S/C18H25BrN4O7/c1-10(2)15(21-17(25)30-18(3,4)5)16(24)20-7-6-11-8-12(22(26)27)9-13(14(11)19)23(28)29/h8-10,15H,6-7H2,1-5H3,(H,20,24)(H,21,25)/t15-/m0/s1. The predicted molar refractivity (Wildman–Crippen MR) is 112 cm³/mol. The fourth-order valence-electron chi connectivity index (χ4n) is 2.47. The number of nitro benzene ring substituents is 2. The van der Waals surface area contributed by atoms with Crippen LogP contribution in [0.2, 0.25) is 0 Å². The van der Waals surface area contributed by atoms with Crippen molar-refractivity contribution in [2.45, 2.75) is 52.7 Å². The summed E-state index contributed by atoms with van der Waals surface area (Å²) in [5, 5.41) is 27.3. The number of ether oxygens (including phenoxy) is 1. The van der Waals surface area contributed by atoms with Crippen LogP contribution in [-0.4, -0.2) is 40.0 Å². The van der Waals surface area contributed by atoms with Crippen LogP contribution in [0.3, 0.4) is 0 Å². The minimum absolute atomic E-state index is 0.0506. The van der Waals surface area contributed by atoms with E-state index in [0.717, 1.165) is 6.07 Å². The number of hydrogen-bond donors (Lipinski definition) is 2. The average molecular weight is 489 g/mol. The maximum atomic E-state index is 12.5. The van der Waals surface area contributed by atoms with Crippen molar-refractivity contribution < 1.29 is 24.2 Å². The van der Waals surface area contributed by atoms with Crippen molar-refractivity contribution in [3.8, 4) is 0 Å². The van der Waals surface area contributed by atoms with Crippen molar-refractivity contribution in [2.24, 2.45) is 5.92 Å². The van der Waals surface area contributed by atoms with Crippen molar-refractivity contribution in [3.05, 3.63) is 42.4 Å². The number of non-ortho nitro benzene ring substituents is 1. The lowest BCUT2D eigenvalue weighted by Crippen LogP contribution is -2.51. The zero-order chi connectivity index (χ0) is 23.2. The number of rotatable bonds is 8. The Morgan fingerprint density at radius 3 is 2.23 bits per heavy atom. The van der Waals surface area contributed by atoms with E-state index in [1.54, 1.807) is 34.6 Å². The van der Waals surface area contributed by atoms with Crippen LogP contribution in [0.25, 0.3) is 0 Å². The highest BCUT2D eigenvalue weighted by atomic mass is 79.9. The van der Waals surface area contributed by atoms with Crippen LogP contribution in [-0.2, 0) is 16.0 Å². The molecular weight excluding hydrogens is 464 g/mol. The topological polar surface area (TPSA) is 154 Å². The first-order chi connectivity index (χ1) is 13.7. The summed E-state index contributed by atoms with van der Waals surface area (Å²) in [6.07, 6.45) is -0.625. The number of nitrogens with zero attached hydrogens (tertiary/aromatic N) is 2. The van der Waals surface area contributed by atoms with Gasteiger partial charge < -0.3 is 15.4 Å². The average Bonchev–Trinajstić information content (AvgIpc) is 2.58. The molecule has 166 valence electrons. The minimum atomic E-state index is -0.859. The van der Waals surface area contributed by atoms with Gasteiger partial charge in [-0.05, 0) is 54.6 Å². The maximum Gasteiger partial charge on any atom is 0.408 e.